The van der Waals surface area contributed by atoms with Gasteiger partial charge < -0.3 is 5.32 Å². The number of hydrogen-bond acceptors (Lipinski definition) is 3. The van der Waals surface area contributed by atoms with Gasteiger partial charge in [-0.05, 0) is 39.0 Å². The van der Waals surface area contributed by atoms with E-state index in [0.29, 0.717) is 11.3 Å². The van der Waals surface area contributed by atoms with Crippen LogP contribution in [0.15, 0.2) is 18.2 Å². The van der Waals surface area contributed by atoms with Crippen LogP contribution in [-0.4, -0.2) is 33.2 Å². The molecule has 0 atom stereocenters. The SMILES string of the molecule is CN(c1ccc(C(=O)NC(C)(C)C)c(Cl)c1)S(C)(=O)=O. The zero-order valence-corrected chi connectivity index (χ0v) is 13.8. The van der Waals surface area contributed by atoms with E-state index in [2.05, 4.69) is 5.32 Å². The molecule has 0 unspecified atom stereocenters. The van der Waals surface area contributed by atoms with Gasteiger partial charge in [0.1, 0.15) is 0 Å². The molecule has 0 saturated carbocycles. The molecule has 1 aromatic rings. The largest absolute Gasteiger partial charge is 0.347 e. The number of nitrogens with zero attached hydrogens (tertiary/aromatic N) is 1. The summed E-state index contributed by atoms with van der Waals surface area (Å²) in [6.07, 6.45) is 1.10. The first-order valence-electron chi connectivity index (χ1n) is 5.98. The first kappa shape index (κ1) is 16.8. The van der Waals surface area contributed by atoms with Crippen molar-refractivity contribution < 1.29 is 13.2 Å². The Balaban J connectivity index is 3.09. The third kappa shape index (κ3) is 4.38. The summed E-state index contributed by atoms with van der Waals surface area (Å²) in [6, 6.07) is 4.52. The van der Waals surface area contributed by atoms with Gasteiger partial charge in [0.25, 0.3) is 5.91 Å². The molecule has 0 bridgehead atoms. The minimum atomic E-state index is -3.36. The average molecular weight is 319 g/mol. The zero-order chi connectivity index (χ0) is 15.7. The topological polar surface area (TPSA) is 66.5 Å². The predicted octanol–water partition coefficient (Wildman–Crippen LogP) is 2.26. The second kappa shape index (κ2) is 5.61. The molecule has 1 amide bonds. The first-order valence-corrected chi connectivity index (χ1v) is 8.20. The molecule has 0 aromatic heterocycles. The molecule has 112 valence electrons. The fraction of sp³-hybridized carbons (Fsp3) is 0.462. The van der Waals surface area contributed by atoms with E-state index >= 15 is 0 Å². The van der Waals surface area contributed by atoms with Gasteiger partial charge in [-0.25, -0.2) is 8.42 Å². The van der Waals surface area contributed by atoms with Crippen molar-refractivity contribution >= 4 is 33.2 Å². The van der Waals surface area contributed by atoms with E-state index in [1.165, 1.54) is 19.2 Å². The summed E-state index contributed by atoms with van der Waals surface area (Å²) in [6.45, 7) is 5.60. The van der Waals surface area contributed by atoms with E-state index in [9.17, 15) is 13.2 Å². The van der Waals surface area contributed by atoms with E-state index in [1.54, 1.807) is 6.07 Å². The number of hydrogen-bond donors (Lipinski definition) is 1. The number of carbonyl (C=O) groups is 1. The molecule has 1 rings (SSSR count). The zero-order valence-electron chi connectivity index (χ0n) is 12.2. The lowest BCUT2D eigenvalue weighted by molar-refractivity contribution is 0.0919. The van der Waals surface area contributed by atoms with Gasteiger partial charge in [-0.3, -0.25) is 9.10 Å². The van der Waals surface area contributed by atoms with Crippen molar-refractivity contribution in [3.05, 3.63) is 28.8 Å². The van der Waals surface area contributed by atoms with E-state index in [1.807, 2.05) is 20.8 Å². The lowest BCUT2D eigenvalue weighted by Gasteiger charge is -2.22. The van der Waals surface area contributed by atoms with Crippen molar-refractivity contribution in [3.8, 4) is 0 Å². The number of amides is 1. The van der Waals surface area contributed by atoms with Gasteiger partial charge in [0.15, 0.2) is 0 Å². The molecule has 0 aliphatic carbocycles. The second-order valence-corrected chi connectivity index (χ2v) is 8.02. The van der Waals surface area contributed by atoms with Crippen LogP contribution in [0.2, 0.25) is 5.02 Å². The van der Waals surface area contributed by atoms with Crippen LogP contribution in [0, 0.1) is 0 Å². The smallest absolute Gasteiger partial charge is 0.253 e. The molecule has 1 aromatic carbocycles. The van der Waals surface area contributed by atoms with Crippen molar-refractivity contribution in [3.63, 3.8) is 0 Å². The monoisotopic (exact) mass is 318 g/mol. The number of sulfonamides is 1. The molecule has 0 aliphatic heterocycles. The van der Waals surface area contributed by atoms with Gasteiger partial charge >= 0.3 is 0 Å². The minimum Gasteiger partial charge on any atom is -0.347 e. The fourth-order valence-electron chi connectivity index (χ4n) is 1.48. The second-order valence-electron chi connectivity index (χ2n) is 5.60. The summed E-state index contributed by atoms with van der Waals surface area (Å²) >= 11 is 6.06. The minimum absolute atomic E-state index is 0.208. The number of rotatable bonds is 3. The van der Waals surface area contributed by atoms with Crippen LogP contribution in [0.1, 0.15) is 31.1 Å². The Morgan fingerprint density at radius 2 is 1.85 bits per heavy atom. The van der Waals surface area contributed by atoms with Crippen LogP contribution in [0.25, 0.3) is 0 Å². The van der Waals surface area contributed by atoms with Gasteiger partial charge in [-0.1, -0.05) is 11.6 Å². The number of halogens is 1. The Kier molecular flexibility index (Phi) is 4.71. The van der Waals surface area contributed by atoms with Crippen LogP contribution >= 0.6 is 11.6 Å². The Morgan fingerprint density at radius 1 is 1.30 bits per heavy atom. The summed E-state index contributed by atoms with van der Waals surface area (Å²) in [7, 11) is -1.93. The summed E-state index contributed by atoms with van der Waals surface area (Å²) in [5, 5.41) is 3.01. The maximum absolute atomic E-state index is 12.0. The van der Waals surface area contributed by atoms with Crippen LogP contribution in [0.3, 0.4) is 0 Å². The molecule has 0 fully saturated rings. The van der Waals surface area contributed by atoms with Crippen LogP contribution in [-0.2, 0) is 10.0 Å². The average Bonchev–Trinajstić information content (AvgIpc) is 2.23. The van der Waals surface area contributed by atoms with E-state index < -0.39 is 10.0 Å². The summed E-state index contributed by atoms with van der Waals surface area (Å²) in [4.78, 5) is 12.0. The van der Waals surface area contributed by atoms with Crippen molar-refractivity contribution in [1.82, 2.24) is 5.32 Å². The van der Waals surface area contributed by atoms with Crippen molar-refractivity contribution in [2.45, 2.75) is 26.3 Å². The number of nitrogens with one attached hydrogen (secondary N) is 1. The number of carbonyl (C=O) groups excluding carboxylic acids is 1. The summed E-state index contributed by atoms with van der Waals surface area (Å²) < 4.78 is 24.0. The Labute approximate surface area is 125 Å². The van der Waals surface area contributed by atoms with Crippen LogP contribution in [0.5, 0.6) is 0 Å². The Hall–Kier alpha value is -1.27. The lowest BCUT2D eigenvalue weighted by Crippen LogP contribution is -2.40. The number of anilines is 1. The van der Waals surface area contributed by atoms with E-state index in [4.69, 9.17) is 11.6 Å². The molecular weight excluding hydrogens is 300 g/mol. The van der Waals surface area contributed by atoms with Crippen LogP contribution in [0.4, 0.5) is 5.69 Å². The third-order valence-electron chi connectivity index (χ3n) is 2.55. The highest BCUT2D eigenvalue weighted by Crippen LogP contribution is 2.24. The normalized spacial score (nSPS) is 12.1. The Morgan fingerprint density at radius 3 is 2.25 bits per heavy atom. The van der Waals surface area contributed by atoms with E-state index in [-0.39, 0.29) is 16.5 Å². The van der Waals surface area contributed by atoms with Crippen molar-refractivity contribution in [2.24, 2.45) is 0 Å². The fourth-order valence-corrected chi connectivity index (χ4v) is 2.24. The standard InChI is InChI=1S/C13H19ClN2O3S/c1-13(2,3)15-12(17)10-7-6-9(8-11(10)14)16(4)20(5,18)19/h6-8H,1-5H3,(H,15,17). The van der Waals surface area contributed by atoms with Crippen LogP contribution < -0.4 is 9.62 Å². The molecular formula is C13H19ClN2O3S. The maximum Gasteiger partial charge on any atom is 0.253 e. The summed E-state index contributed by atoms with van der Waals surface area (Å²) in [5.74, 6) is -0.295. The predicted molar refractivity (Wildman–Crippen MR) is 81.9 cm³/mol. The molecule has 0 radical (unpaired) electrons. The van der Waals surface area contributed by atoms with Gasteiger partial charge in [-0.2, -0.15) is 0 Å². The lowest BCUT2D eigenvalue weighted by atomic mass is 10.1. The molecule has 7 heteroatoms. The van der Waals surface area contributed by atoms with Gasteiger partial charge in [0.2, 0.25) is 10.0 Å². The summed E-state index contributed by atoms with van der Waals surface area (Å²) in [5.41, 5.74) is 0.347. The van der Waals surface area contributed by atoms with Gasteiger partial charge in [0.05, 0.1) is 22.5 Å². The maximum atomic E-state index is 12.0. The van der Waals surface area contributed by atoms with Crippen molar-refractivity contribution in [2.75, 3.05) is 17.6 Å². The highest BCUT2D eigenvalue weighted by atomic mass is 35.5. The molecule has 1 N–H and O–H groups in total. The highest BCUT2D eigenvalue weighted by Gasteiger charge is 2.19. The molecule has 0 aliphatic rings. The molecule has 0 spiro atoms. The quantitative estimate of drug-likeness (QED) is 0.929. The third-order valence-corrected chi connectivity index (χ3v) is 4.07. The first-order chi connectivity index (χ1) is 8.92. The Bertz CT molecular complexity index is 621. The number of benzene rings is 1. The van der Waals surface area contributed by atoms with Gasteiger partial charge in [-0.15, -0.1) is 0 Å². The van der Waals surface area contributed by atoms with Crippen molar-refractivity contribution in [1.29, 1.82) is 0 Å². The molecule has 0 heterocycles. The van der Waals surface area contributed by atoms with Gasteiger partial charge in [0, 0.05) is 12.6 Å². The molecule has 20 heavy (non-hydrogen) atoms. The van der Waals surface area contributed by atoms with E-state index in [0.717, 1.165) is 10.6 Å². The molecule has 0 saturated heterocycles. The molecule has 5 nitrogen and oxygen atoms in total. The highest BCUT2D eigenvalue weighted by molar-refractivity contribution is 7.92.